The predicted molar refractivity (Wildman–Crippen MR) is 78.9 cm³/mol. The van der Waals surface area contributed by atoms with Crippen LogP contribution in [0, 0.1) is 5.82 Å². The Labute approximate surface area is 127 Å². The Hall–Kier alpha value is -2.45. The third-order valence-electron chi connectivity index (χ3n) is 2.19. The van der Waals surface area contributed by atoms with Gasteiger partial charge in [0, 0.05) is 5.56 Å². The minimum atomic E-state index is -3.67. The van der Waals surface area contributed by atoms with Gasteiger partial charge in [-0.15, -0.1) is 0 Å². The van der Waals surface area contributed by atoms with Crippen molar-refractivity contribution in [3.8, 4) is 11.5 Å². The molecule has 0 bridgehead atoms. The molecule has 0 aliphatic carbocycles. The molecule has 0 radical (unpaired) electrons. The molecule has 0 spiro atoms. The maximum atomic E-state index is 12.7. The van der Waals surface area contributed by atoms with E-state index in [0.717, 1.165) is 0 Å². The van der Waals surface area contributed by atoms with Gasteiger partial charge in [-0.1, -0.05) is 0 Å². The quantitative estimate of drug-likeness (QED) is 0.841. The first-order valence-corrected chi connectivity index (χ1v) is 7.76. The molecule has 0 heterocycles. The second-order valence-electron chi connectivity index (χ2n) is 4.18. The molecule has 0 saturated carbocycles. The molecule has 8 heteroatoms. The first kappa shape index (κ1) is 17.6. The van der Waals surface area contributed by atoms with Crippen LogP contribution in [-0.2, 0) is 10.1 Å². The van der Waals surface area contributed by atoms with Crippen LogP contribution in [-0.4, -0.2) is 25.1 Å². The van der Waals surface area contributed by atoms with E-state index in [4.69, 9.17) is 15.0 Å². The molecule has 0 aromatic heterocycles. The molecule has 2 rings (SSSR count). The lowest BCUT2D eigenvalue weighted by atomic mass is 10.2. The summed E-state index contributed by atoms with van der Waals surface area (Å²) in [4.78, 5) is 10.8. The zero-order chi connectivity index (χ0) is 16.8. The number of ether oxygens (including phenoxy) is 1. The van der Waals surface area contributed by atoms with Gasteiger partial charge in [-0.2, -0.15) is 8.42 Å². The summed E-state index contributed by atoms with van der Waals surface area (Å²) in [6.07, 6.45) is 0.715. The van der Waals surface area contributed by atoms with Crippen molar-refractivity contribution in [3.05, 3.63) is 59.9 Å². The van der Waals surface area contributed by atoms with E-state index in [-0.39, 0.29) is 5.82 Å². The van der Waals surface area contributed by atoms with E-state index in [0.29, 0.717) is 23.3 Å². The number of hydrogen-bond acceptors (Lipinski definition) is 4. The minimum Gasteiger partial charge on any atom is -0.457 e. The van der Waals surface area contributed by atoms with Crippen LogP contribution in [0.3, 0.4) is 0 Å². The van der Waals surface area contributed by atoms with Gasteiger partial charge in [0.2, 0.25) is 5.91 Å². The van der Waals surface area contributed by atoms with Crippen molar-refractivity contribution in [2.24, 2.45) is 5.73 Å². The lowest BCUT2D eigenvalue weighted by molar-refractivity contribution is 0.1000. The Morgan fingerprint density at radius 1 is 1.05 bits per heavy atom. The molecular weight excluding hydrogens is 313 g/mol. The van der Waals surface area contributed by atoms with Crippen molar-refractivity contribution >= 4 is 16.0 Å². The molecule has 1 amide bonds. The summed E-state index contributed by atoms with van der Waals surface area (Å²) in [6, 6.07) is 12.1. The van der Waals surface area contributed by atoms with E-state index in [1.54, 1.807) is 24.3 Å². The van der Waals surface area contributed by atoms with Gasteiger partial charge in [0.05, 0.1) is 6.26 Å². The Bertz CT molecular complexity index is 719. The highest BCUT2D eigenvalue weighted by atomic mass is 32.2. The van der Waals surface area contributed by atoms with Gasteiger partial charge in [-0.3, -0.25) is 9.35 Å². The minimum absolute atomic E-state index is 0.318. The molecule has 2 aromatic rings. The van der Waals surface area contributed by atoms with E-state index < -0.39 is 16.0 Å². The Kier molecular flexibility index (Phi) is 6.02. The number of amides is 1. The third-order valence-corrected chi connectivity index (χ3v) is 2.19. The van der Waals surface area contributed by atoms with Crippen LogP contribution in [0.1, 0.15) is 10.4 Å². The third kappa shape index (κ3) is 7.36. The van der Waals surface area contributed by atoms with Gasteiger partial charge < -0.3 is 10.5 Å². The Morgan fingerprint density at radius 3 is 1.77 bits per heavy atom. The predicted octanol–water partition coefficient (Wildman–Crippen LogP) is 2.22. The summed E-state index contributed by atoms with van der Waals surface area (Å²) in [7, 11) is -3.67. The fourth-order valence-corrected chi connectivity index (χ4v) is 1.33. The van der Waals surface area contributed by atoms with E-state index in [9.17, 15) is 17.6 Å². The van der Waals surface area contributed by atoms with E-state index in [1.165, 1.54) is 24.3 Å². The standard InChI is InChI=1S/C13H10FNO2.CH4O3S/c14-10-3-7-12(8-4-10)17-11-5-1-9(2-6-11)13(15)16;1-5(2,3)4/h1-8H,(H2,15,16);1H3,(H,2,3,4). The molecular formula is C14H14FNO5S. The lowest BCUT2D eigenvalue weighted by Gasteiger charge is -2.05. The molecule has 0 aliphatic rings. The number of carbonyl (C=O) groups excluding carboxylic acids is 1. The summed E-state index contributed by atoms with van der Waals surface area (Å²) in [5, 5.41) is 0. The highest BCUT2D eigenvalue weighted by molar-refractivity contribution is 7.85. The van der Waals surface area contributed by atoms with E-state index in [1.807, 2.05) is 0 Å². The van der Waals surface area contributed by atoms with Crippen molar-refractivity contribution in [2.75, 3.05) is 6.26 Å². The fourth-order valence-electron chi connectivity index (χ4n) is 1.33. The normalized spacial score (nSPS) is 10.3. The van der Waals surface area contributed by atoms with Crippen LogP contribution in [0.2, 0.25) is 0 Å². The molecule has 0 atom stereocenters. The highest BCUT2D eigenvalue weighted by Gasteiger charge is 2.01. The first-order chi connectivity index (χ1) is 10.1. The van der Waals surface area contributed by atoms with Gasteiger partial charge in [-0.25, -0.2) is 4.39 Å². The average molecular weight is 327 g/mol. The number of rotatable bonds is 3. The van der Waals surface area contributed by atoms with Gasteiger partial charge in [0.15, 0.2) is 0 Å². The largest absolute Gasteiger partial charge is 0.457 e. The highest BCUT2D eigenvalue weighted by Crippen LogP contribution is 2.21. The van der Waals surface area contributed by atoms with Gasteiger partial charge >= 0.3 is 0 Å². The summed E-state index contributed by atoms with van der Waals surface area (Å²) in [5.41, 5.74) is 5.53. The van der Waals surface area contributed by atoms with Gasteiger partial charge in [-0.05, 0) is 48.5 Å². The van der Waals surface area contributed by atoms with Crippen LogP contribution in [0.4, 0.5) is 4.39 Å². The van der Waals surface area contributed by atoms with Crippen LogP contribution in [0.15, 0.2) is 48.5 Å². The number of hydrogen-bond donors (Lipinski definition) is 2. The fraction of sp³-hybridized carbons (Fsp3) is 0.0714. The second-order valence-corrected chi connectivity index (χ2v) is 5.64. The zero-order valence-corrected chi connectivity index (χ0v) is 12.4. The smallest absolute Gasteiger partial charge is 0.261 e. The van der Waals surface area contributed by atoms with Crippen molar-refractivity contribution in [1.29, 1.82) is 0 Å². The van der Waals surface area contributed by atoms with Crippen LogP contribution < -0.4 is 10.5 Å². The van der Waals surface area contributed by atoms with Crippen molar-refractivity contribution in [1.82, 2.24) is 0 Å². The topological polar surface area (TPSA) is 107 Å². The number of carbonyl (C=O) groups is 1. The number of halogens is 1. The molecule has 6 nitrogen and oxygen atoms in total. The summed E-state index contributed by atoms with van der Waals surface area (Å²) in [6.45, 7) is 0. The van der Waals surface area contributed by atoms with Crippen molar-refractivity contribution in [3.63, 3.8) is 0 Å². The summed E-state index contributed by atoms with van der Waals surface area (Å²) < 4.78 is 44.0. The molecule has 0 fully saturated rings. The van der Waals surface area contributed by atoms with Crippen LogP contribution in [0.5, 0.6) is 11.5 Å². The van der Waals surface area contributed by atoms with Crippen molar-refractivity contribution in [2.45, 2.75) is 0 Å². The zero-order valence-electron chi connectivity index (χ0n) is 11.6. The number of benzene rings is 2. The second kappa shape index (κ2) is 7.53. The average Bonchev–Trinajstić information content (AvgIpc) is 2.40. The van der Waals surface area contributed by atoms with E-state index in [2.05, 4.69) is 0 Å². The van der Waals surface area contributed by atoms with Gasteiger partial charge in [0.25, 0.3) is 10.1 Å². The number of nitrogens with two attached hydrogens (primary N) is 1. The molecule has 2 aromatic carbocycles. The van der Waals surface area contributed by atoms with Gasteiger partial charge in [0.1, 0.15) is 17.3 Å². The molecule has 0 unspecified atom stereocenters. The maximum absolute atomic E-state index is 12.7. The monoisotopic (exact) mass is 327 g/mol. The Balaban J connectivity index is 0.000000422. The van der Waals surface area contributed by atoms with Crippen LogP contribution >= 0.6 is 0 Å². The Morgan fingerprint density at radius 2 is 1.41 bits per heavy atom. The molecule has 0 saturated heterocycles. The first-order valence-electron chi connectivity index (χ1n) is 5.91. The molecule has 22 heavy (non-hydrogen) atoms. The molecule has 0 aliphatic heterocycles. The lowest BCUT2D eigenvalue weighted by Crippen LogP contribution is -2.10. The SMILES string of the molecule is CS(=O)(=O)O.NC(=O)c1ccc(Oc2ccc(F)cc2)cc1. The number of primary amides is 1. The van der Waals surface area contributed by atoms with Crippen LogP contribution in [0.25, 0.3) is 0 Å². The summed E-state index contributed by atoms with van der Waals surface area (Å²) >= 11 is 0. The molecule has 118 valence electrons. The summed E-state index contributed by atoms with van der Waals surface area (Å²) in [5.74, 6) is 0.277. The maximum Gasteiger partial charge on any atom is 0.261 e. The van der Waals surface area contributed by atoms with E-state index >= 15 is 0 Å². The molecule has 3 N–H and O–H groups in total. The van der Waals surface area contributed by atoms with Crippen molar-refractivity contribution < 1.29 is 26.9 Å².